The SMILES string of the molecule is COC(C)COC(=O)c1cc(Cl)ccc1N. The second kappa shape index (κ2) is 5.72. The molecule has 0 heterocycles. The number of hydrogen-bond donors (Lipinski definition) is 1. The minimum atomic E-state index is -0.496. The van der Waals surface area contributed by atoms with Crippen LogP contribution >= 0.6 is 11.6 Å². The number of carbonyl (C=O) groups is 1. The molecular formula is C11H14ClNO3. The van der Waals surface area contributed by atoms with Gasteiger partial charge in [0.1, 0.15) is 6.61 Å². The summed E-state index contributed by atoms with van der Waals surface area (Å²) in [5, 5.41) is 0.445. The number of carbonyl (C=O) groups excluding carboxylic acids is 1. The summed E-state index contributed by atoms with van der Waals surface area (Å²) in [4.78, 5) is 11.6. The third-order valence-electron chi connectivity index (χ3n) is 2.09. The maximum Gasteiger partial charge on any atom is 0.340 e. The number of halogens is 1. The van der Waals surface area contributed by atoms with E-state index in [1.807, 2.05) is 0 Å². The first-order chi connectivity index (χ1) is 7.54. The Morgan fingerprint density at radius 3 is 2.88 bits per heavy atom. The molecule has 88 valence electrons. The third-order valence-corrected chi connectivity index (χ3v) is 2.32. The molecule has 0 amide bonds. The van der Waals surface area contributed by atoms with E-state index in [1.165, 1.54) is 6.07 Å². The molecule has 0 aromatic heterocycles. The van der Waals surface area contributed by atoms with E-state index in [9.17, 15) is 4.79 Å². The maximum absolute atomic E-state index is 11.6. The minimum Gasteiger partial charge on any atom is -0.459 e. The van der Waals surface area contributed by atoms with Gasteiger partial charge in [-0.1, -0.05) is 11.6 Å². The van der Waals surface area contributed by atoms with Gasteiger partial charge < -0.3 is 15.2 Å². The van der Waals surface area contributed by atoms with E-state index in [-0.39, 0.29) is 18.3 Å². The normalized spacial score (nSPS) is 12.2. The Kier molecular flexibility index (Phi) is 4.58. The van der Waals surface area contributed by atoms with E-state index in [0.717, 1.165) is 0 Å². The summed E-state index contributed by atoms with van der Waals surface area (Å²) in [6, 6.07) is 4.67. The fourth-order valence-electron chi connectivity index (χ4n) is 1.04. The molecular weight excluding hydrogens is 230 g/mol. The van der Waals surface area contributed by atoms with Gasteiger partial charge in [-0.25, -0.2) is 4.79 Å². The molecule has 2 N–H and O–H groups in total. The number of esters is 1. The zero-order valence-corrected chi connectivity index (χ0v) is 9.95. The van der Waals surface area contributed by atoms with Crippen LogP contribution < -0.4 is 5.73 Å². The summed E-state index contributed by atoms with van der Waals surface area (Å²) in [6.45, 7) is 1.98. The summed E-state index contributed by atoms with van der Waals surface area (Å²) < 4.78 is 9.97. The van der Waals surface area contributed by atoms with Gasteiger partial charge in [-0.3, -0.25) is 0 Å². The average Bonchev–Trinajstić information content (AvgIpc) is 2.28. The lowest BCUT2D eigenvalue weighted by molar-refractivity contribution is 0.0170. The summed E-state index contributed by atoms with van der Waals surface area (Å²) in [5.41, 5.74) is 6.26. The van der Waals surface area contributed by atoms with E-state index in [4.69, 9.17) is 26.8 Å². The smallest absolute Gasteiger partial charge is 0.340 e. The van der Waals surface area contributed by atoms with Crippen LogP contribution in [0.3, 0.4) is 0 Å². The van der Waals surface area contributed by atoms with E-state index in [0.29, 0.717) is 10.7 Å². The molecule has 0 fully saturated rings. The van der Waals surface area contributed by atoms with Gasteiger partial charge in [0.25, 0.3) is 0 Å². The van der Waals surface area contributed by atoms with Gasteiger partial charge in [0.15, 0.2) is 0 Å². The van der Waals surface area contributed by atoms with Gasteiger partial charge in [0.05, 0.1) is 11.7 Å². The van der Waals surface area contributed by atoms with Crippen molar-refractivity contribution >= 4 is 23.3 Å². The Balaban J connectivity index is 2.69. The largest absolute Gasteiger partial charge is 0.459 e. The predicted molar refractivity (Wildman–Crippen MR) is 62.6 cm³/mol. The van der Waals surface area contributed by atoms with Gasteiger partial charge in [-0.2, -0.15) is 0 Å². The summed E-state index contributed by atoms with van der Waals surface area (Å²) in [7, 11) is 1.55. The fraction of sp³-hybridized carbons (Fsp3) is 0.364. The van der Waals surface area contributed by atoms with Crippen LogP contribution in [0, 0.1) is 0 Å². The maximum atomic E-state index is 11.6. The third kappa shape index (κ3) is 3.40. The van der Waals surface area contributed by atoms with E-state index in [1.54, 1.807) is 26.2 Å². The molecule has 5 heteroatoms. The molecule has 16 heavy (non-hydrogen) atoms. The Bertz CT molecular complexity index is 381. The number of benzene rings is 1. The molecule has 0 aliphatic rings. The number of ether oxygens (including phenoxy) is 2. The van der Waals surface area contributed by atoms with Crippen molar-refractivity contribution in [3.8, 4) is 0 Å². The van der Waals surface area contributed by atoms with Crippen LogP contribution in [0.15, 0.2) is 18.2 Å². The predicted octanol–water partition coefficient (Wildman–Crippen LogP) is 2.11. The lowest BCUT2D eigenvalue weighted by Crippen LogP contribution is -2.18. The van der Waals surface area contributed by atoms with Crippen LogP contribution in [-0.2, 0) is 9.47 Å². The Morgan fingerprint density at radius 1 is 1.56 bits per heavy atom. The van der Waals surface area contributed by atoms with Crippen molar-refractivity contribution in [1.82, 2.24) is 0 Å². The highest BCUT2D eigenvalue weighted by molar-refractivity contribution is 6.31. The average molecular weight is 244 g/mol. The van der Waals surface area contributed by atoms with Crippen molar-refractivity contribution < 1.29 is 14.3 Å². The number of hydrogen-bond acceptors (Lipinski definition) is 4. The van der Waals surface area contributed by atoms with Gasteiger partial charge in [0, 0.05) is 17.8 Å². The molecule has 0 radical (unpaired) electrons. The van der Waals surface area contributed by atoms with Crippen LogP contribution in [0.2, 0.25) is 5.02 Å². The highest BCUT2D eigenvalue weighted by Gasteiger charge is 2.13. The molecule has 4 nitrogen and oxygen atoms in total. The zero-order chi connectivity index (χ0) is 12.1. The molecule has 0 bridgehead atoms. The Morgan fingerprint density at radius 2 is 2.25 bits per heavy atom. The number of nitrogens with two attached hydrogens (primary N) is 1. The molecule has 0 saturated heterocycles. The van der Waals surface area contributed by atoms with Crippen molar-refractivity contribution in [2.24, 2.45) is 0 Å². The standard InChI is InChI=1S/C11H14ClNO3/c1-7(15-2)6-16-11(14)9-5-8(12)3-4-10(9)13/h3-5,7H,6,13H2,1-2H3. The Hall–Kier alpha value is -1.26. The van der Waals surface area contributed by atoms with Crippen LogP contribution in [0.5, 0.6) is 0 Å². The quantitative estimate of drug-likeness (QED) is 0.650. The van der Waals surface area contributed by atoms with Crippen molar-refractivity contribution in [2.75, 3.05) is 19.5 Å². The van der Waals surface area contributed by atoms with Crippen molar-refractivity contribution in [2.45, 2.75) is 13.0 Å². The number of anilines is 1. The van der Waals surface area contributed by atoms with Crippen LogP contribution in [0.25, 0.3) is 0 Å². The summed E-state index contributed by atoms with van der Waals surface area (Å²) >= 11 is 5.76. The van der Waals surface area contributed by atoms with Gasteiger partial charge in [-0.05, 0) is 25.1 Å². The molecule has 1 aromatic carbocycles. The van der Waals surface area contributed by atoms with Crippen LogP contribution in [0.4, 0.5) is 5.69 Å². The highest BCUT2D eigenvalue weighted by atomic mass is 35.5. The lowest BCUT2D eigenvalue weighted by Gasteiger charge is -2.11. The zero-order valence-electron chi connectivity index (χ0n) is 9.20. The summed E-state index contributed by atoms with van der Waals surface area (Å²) in [6.07, 6.45) is -0.149. The molecule has 1 aromatic rings. The molecule has 1 rings (SSSR count). The van der Waals surface area contributed by atoms with Crippen molar-refractivity contribution in [3.05, 3.63) is 28.8 Å². The van der Waals surface area contributed by atoms with Gasteiger partial charge in [0.2, 0.25) is 0 Å². The van der Waals surface area contributed by atoms with Crippen molar-refractivity contribution in [1.29, 1.82) is 0 Å². The first-order valence-corrected chi connectivity index (χ1v) is 5.17. The molecule has 1 atom stereocenters. The van der Waals surface area contributed by atoms with E-state index < -0.39 is 5.97 Å². The fourth-order valence-corrected chi connectivity index (χ4v) is 1.22. The lowest BCUT2D eigenvalue weighted by atomic mass is 10.2. The minimum absolute atomic E-state index is 0.149. The molecule has 0 saturated carbocycles. The van der Waals surface area contributed by atoms with Gasteiger partial charge >= 0.3 is 5.97 Å². The number of rotatable bonds is 4. The highest BCUT2D eigenvalue weighted by Crippen LogP contribution is 2.18. The topological polar surface area (TPSA) is 61.5 Å². The molecule has 1 unspecified atom stereocenters. The van der Waals surface area contributed by atoms with E-state index in [2.05, 4.69) is 0 Å². The first-order valence-electron chi connectivity index (χ1n) is 4.79. The van der Waals surface area contributed by atoms with E-state index >= 15 is 0 Å². The number of nitrogen functional groups attached to an aromatic ring is 1. The van der Waals surface area contributed by atoms with Crippen molar-refractivity contribution in [3.63, 3.8) is 0 Å². The molecule has 0 aliphatic carbocycles. The summed E-state index contributed by atoms with van der Waals surface area (Å²) in [5.74, 6) is -0.496. The van der Waals surface area contributed by atoms with Gasteiger partial charge in [-0.15, -0.1) is 0 Å². The van der Waals surface area contributed by atoms with Crippen LogP contribution in [0.1, 0.15) is 17.3 Å². The second-order valence-electron chi connectivity index (χ2n) is 3.38. The monoisotopic (exact) mass is 243 g/mol. The first kappa shape index (κ1) is 12.8. The molecule has 0 aliphatic heterocycles. The Labute approximate surface area is 99.3 Å². The second-order valence-corrected chi connectivity index (χ2v) is 3.81. The molecule has 0 spiro atoms. The number of methoxy groups -OCH3 is 1. The van der Waals surface area contributed by atoms with Crippen LogP contribution in [-0.4, -0.2) is 25.8 Å².